The fourth-order valence-corrected chi connectivity index (χ4v) is 0.917. The van der Waals surface area contributed by atoms with Crippen LogP contribution in [0, 0.1) is 0 Å². The van der Waals surface area contributed by atoms with Gasteiger partial charge in [-0.2, -0.15) is 0 Å². The van der Waals surface area contributed by atoms with Crippen molar-refractivity contribution >= 4 is 35.5 Å². The van der Waals surface area contributed by atoms with Crippen molar-refractivity contribution in [1.29, 1.82) is 0 Å². The summed E-state index contributed by atoms with van der Waals surface area (Å²) in [4.78, 5) is 11.0. The van der Waals surface area contributed by atoms with Gasteiger partial charge in [-0.3, -0.25) is 0 Å². The Morgan fingerprint density at radius 3 is 2.36 bits per heavy atom. The molecule has 1 atom stereocenters. The number of esters is 1. The van der Waals surface area contributed by atoms with Gasteiger partial charge in [-0.25, -0.2) is 4.79 Å². The molecule has 1 aromatic carbocycles. The zero-order valence-corrected chi connectivity index (χ0v) is 7.69. The van der Waals surface area contributed by atoms with E-state index in [1.54, 1.807) is 19.1 Å². The molecule has 0 saturated heterocycles. The van der Waals surface area contributed by atoms with E-state index < -0.39 is 6.10 Å². The predicted octanol–water partition coefficient (Wildman–Crippen LogP) is 0.978. The topological polar surface area (TPSA) is 35.5 Å². The maximum absolute atomic E-state index is 11.0. The van der Waals surface area contributed by atoms with Crippen molar-refractivity contribution < 1.29 is 14.3 Å². The zero-order valence-electron chi connectivity index (χ0n) is 7.69. The first-order chi connectivity index (χ1) is 6.24. The van der Waals surface area contributed by atoms with Crippen molar-refractivity contribution in [2.24, 2.45) is 0 Å². The first-order valence-electron chi connectivity index (χ1n) is 4.03. The molecule has 0 aromatic heterocycles. The van der Waals surface area contributed by atoms with E-state index in [9.17, 15) is 4.79 Å². The summed E-state index contributed by atoms with van der Waals surface area (Å²) in [7, 11) is 1.34. The maximum atomic E-state index is 11.0. The quantitative estimate of drug-likeness (QED) is 0.544. The number of benzene rings is 1. The molecule has 0 heterocycles. The molecule has 72 valence electrons. The second-order valence-corrected chi connectivity index (χ2v) is 2.60. The average Bonchev–Trinajstić information content (AvgIpc) is 2.18. The Bertz CT molecular complexity index is 274. The third kappa shape index (κ3) is 4.13. The molecule has 0 N–H and O–H groups in total. The standard InChI is InChI=1S/C10H12O3.Na.H/c1-8(10(11)12-2)13-9-6-4-3-5-7-9;;/h3-8H,1-2H3;;. The van der Waals surface area contributed by atoms with E-state index >= 15 is 0 Å². The van der Waals surface area contributed by atoms with Gasteiger partial charge < -0.3 is 9.47 Å². The van der Waals surface area contributed by atoms with Crippen molar-refractivity contribution in [3.05, 3.63) is 30.3 Å². The Labute approximate surface area is 106 Å². The molecule has 0 fully saturated rings. The van der Waals surface area contributed by atoms with Crippen LogP contribution in [0.2, 0.25) is 0 Å². The Balaban J connectivity index is 0.00000169. The molecular weight excluding hydrogens is 191 g/mol. The molecule has 0 bridgehead atoms. The summed E-state index contributed by atoms with van der Waals surface area (Å²) in [6, 6.07) is 9.16. The van der Waals surface area contributed by atoms with Crippen LogP contribution in [0.3, 0.4) is 0 Å². The van der Waals surface area contributed by atoms with Gasteiger partial charge in [0.2, 0.25) is 0 Å². The molecule has 3 nitrogen and oxygen atoms in total. The average molecular weight is 204 g/mol. The second kappa shape index (κ2) is 6.87. The van der Waals surface area contributed by atoms with E-state index in [2.05, 4.69) is 4.74 Å². The van der Waals surface area contributed by atoms with Gasteiger partial charge in [-0.15, -0.1) is 0 Å². The molecular formula is C10H13NaO3. The summed E-state index contributed by atoms with van der Waals surface area (Å²) in [5.41, 5.74) is 0. The molecule has 0 spiro atoms. The monoisotopic (exact) mass is 204 g/mol. The normalized spacial score (nSPS) is 11.0. The number of ether oxygens (including phenoxy) is 2. The summed E-state index contributed by atoms with van der Waals surface area (Å²) >= 11 is 0. The Kier molecular flexibility index (Phi) is 6.62. The van der Waals surface area contributed by atoms with Crippen molar-refractivity contribution in [3.63, 3.8) is 0 Å². The number of hydrogen-bond acceptors (Lipinski definition) is 3. The minimum absolute atomic E-state index is 0. The van der Waals surface area contributed by atoms with Gasteiger partial charge in [0.1, 0.15) is 5.75 Å². The SMILES string of the molecule is COC(=O)C(C)Oc1ccccc1.[NaH]. The first kappa shape index (κ1) is 13.5. The number of hydrogen-bond donors (Lipinski definition) is 0. The molecule has 0 aliphatic heterocycles. The number of methoxy groups -OCH3 is 1. The number of rotatable bonds is 3. The predicted molar refractivity (Wildman–Crippen MR) is 55.7 cm³/mol. The van der Waals surface area contributed by atoms with Crippen LogP contribution in [-0.4, -0.2) is 48.7 Å². The number of carbonyl (C=O) groups excluding carboxylic acids is 1. The summed E-state index contributed by atoms with van der Waals surface area (Å²) in [6.07, 6.45) is -0.563. The van der Waals surface area contributed by atoms with Crippen LogP contribution in [0.25, 0.3) is 0 Å². The first-order valence-corrected chi connectivity index (χ1v) is 4.03. The van der Waals surface area contributed by atoms with Crippen molar-refractivity contribution in [1.82, 2.24) is 0 Å². The van der Waals surface area contributed by atoms with E-state index in [1.165, 1.54) is 7.11 Å². The van der Waals surface area contributed by atoms with Crippen LogP contribution in [0.4, 0.5) is 0 Å². The molecule has 0 aliphatic rings. The second-order valence-electron chi connectivity index (χ2n) is 2.60. The van der Waals surface area contributed by atoms with Crippen molar-refractivity contribution in [2.75, 3.05) is 7.11 Å². The van der Waals surface area contributed by atoms with Crippen molar-refractivity contribution in [2.45, 2.75) is 13.0 Å². The van der Waals surface area contributed by atoms with E-state index in [0.717, 1.165) is 0 Å². The van der Waals surface area contributed by atoms with E-state index in [-0.39, 0.29) is 35.5 Å². The summed E-state index contributed by atoms with van der Waals surface area (Å²) in [5.74, 6) is 0.296. The number of carbonyl (C=O) groups is 1. The Morgan fingerprint density at radius 1 is 1.29 bits per heavy atom. The van der Waals surface area contributed by atoms with Gasteiger partial charge in [-0.05, 0) is 19.1 Å². The van der Waals surface area contributed by atoms with Gasteiger partial charge in [0.05, 0.1) is 7.11 Å². The molecule has 14 heavy (non-hydrogen) atoms. The molecule has 4 heteroatoms. The van der Waals surface area contributed by atoms with Crippen LogP contribution in [0.1, 0.15) is 6.92 Å². The summed E-state index contributed by atoms with van der Waals surface area (Å²) in [6.45, 7) is 1.65. The number of para-hydroxylation sites is 1. The molecule has 0 aliphatic carbocycles. The molecule has 1 rings (SSSR count). The van der Waals surface area contributed by atoms with Crippen LogP contribution in [-0.2, 0) is 9.53 Å². The van der Waals surface area contributed by atoms with Gasteiger partial charge in [0.15, 0.2) is 6.10 Å². The molecule has 1 unspecified atom stereocenters. The Morgan fingerprint density at radius 2 is 1.86 bits per heavy atom. The van der Waals surface area contributed by atoms with Gasteiger partial charge in [0.25, 0.3) is 0 Å². The molecule has 0 saturated carbocycles. The van der Waals surface area contributed by atoms with E-state index in [1.807, 2.05) is 18.2 Å². The molecule has 1 aromatic rings. The molecule has 0 amide bonds. The van der Waals surface area contributed by atoms with Gasteiger partial charge >= 0.3 is 35.5 Å². The third-order valence-corrected chi connectivity index (χ3v) is 1.59. The zero-order chi connectivity index (χ0) is 9.68. The van der Waals surface area contributed by atoms with E-state index in [0.29, 0.717) is 5.75 Å². The fourth-order valence-electron chi connectivity index (χ4n) is 0.917. The van der Waals surface area contributed by atoms with Gasteiger partial charge in [-0.1, -0.05) is 18.2 Å². The van der Waals surface area contributed by atoms with Crippen LogP contribution < -0.4 is 4.74 Å². The minimum atomic E-state index is -0.563. The summed E-state index contributed by atoms with van der Waals surface area (Å²) in [5, 5.41) is 0. The van der Waals surface area contributed by atoms with Crippen molar-refractivity contribution in [3.8, 4) is 5.75 Å². The molecule has 0 radical (unpaired) electrons. The van der Waals surface area contributed by atoms with Crippen LogP contribution in [0.15, 0.2) is 30.3 Å². The Hall–Kier alpha value is -0.510. The van der Waals surface area contributed by atoms with Crippen LogP contribution >= 0.6 is 0 Å². The fraction of sp³-hybridized carbons (Fsp3) is 0.300. The van der Waals surface area contributed by atoms with E-state index in [4.69, 9.17) is 4.74 Å². The van der Waals surface area contributed by atoms with Crippen LogP contribution in [0.5, 0.6) is 5.75 Å². The summed E-state index contributed by atoms with van der Waals surface area (Å²) < 4.78 is 9.81. The van der Waals surface area contributed by atoms with Gasteiger partial charge in [0, 0.05) is 0 Å². The third-order valence-electron chi connectivity index (χ3n) is 1.59.